The number of hydrogen-bond donors (Lipinski definition) is 2. The van der Waals surface area contributed by atoms with Crippen LogP contribution < -0.4 is 5.69 Å². The average Bonchev–Trinajstić information content (AvgIpc) is 3.52. The molecule has 5 rings (SSSR count). The maximum Gasteiger partial charge on any atom is 0.328 e. The number of carboxylic acid groups (broad SMARTS) is 1. The van der Waals surface area contributed by atoms with Crippen LogP contribution in [0.4, 0.5) is 0 Å². The largest absolute Gasteiger partial charge is 0.481 e. The first-order valence-corrected chi connectivity index (χ1v) is 12.8. The van der Waals surface area contributed by atoms with Crippen molar-refractivity contribution in [2.24, 2.45) is 11.8 Å². The Morgan fingerprint density at radius 3 is 2.62 bits per heavy atom. The van der Waals surface area contributed by atoms with Crippen LogP contribution in [-0.4, -0.2) is 45.8 Å². The molecule has 4 aromatic rings. The van der Waals surface area contributed by atoms with Crippen LogP contribution >= 0.6 is 0 Å². The summed E-state index contributed by atoms with van der Waals surface area (Å²) >= 11 is 0. The molecule has 3 aromatic heterocycles. The van der Waals surface area contributed by atoms with E-state index in [4.69, 9.17) is 0 Å². The van der Waals surface area contributed by atoms with E-state index in [1.807, 2.05) is 42.6 Å². The van der Waals surface area contributed by atoms with Gasteiger partial charge in [-0.1, -0.05) is 57.0 Å². The molecule has 0 amide bonds. The SMILES string of the molecule is CCCCc1cn(C2C(CC)CC2C(=O)O)c(=O)n1Cc1ccc(-c2ccccc2-c2nnn[nH]2)nc1. The fourth-order valence-electron chi connectivity index (χ4n) is 5.35. The third-order valence-corrected chi connectivity index (χ3v) is 7.46. The van der Waals surface area contributed by atoms with Gasteiger partial charge in [-0.15, -0.1) is 5.10 Å². The van der Waals surface area contributed by atoms with E-state index in [0.717, 1.165) is 53.8 Å². The molecule has 3 unspecified atom stereocenters. The monoisotopic (exact) mass is 501 g/mol. The van der Waals surface area contributed by atoms with Crippen molar-refractivity contribution in [3.8, 4) is 22.6 Å². The summed E-state index contributed by atoms with van der Waals surface area (Å²) in [5.74, 6) is -0.575. The van der Waals surface area contributed by atoms with Gasteiger partial charge in [-0.25, -0.2) is 9.89 Å². The smallest absolute Gasteiger partial charge is 0.328 e. The summed E-state index contributed by atoms with van der Waals surface area (Å²) in [7, 11) is 0. The van der Waals surface area contributed by atoms with Gasteiger partial charge in [0.1, 0.15) is 0 Å². The second-order valence-corrected chi connectivity index (χ2v) is 9.69. The molecule has 0 aliphatic heterocycles. The highest BCUT2D eigenvalue weighted by atomic mass is 16.4. The maximum atomic E-state index is 13.6. The molecule has 2 N–H and O–H groups in total. The number of H-pyrrole nitrogens is 1. The standard InChI is InChI=1S/C27H31N7O3/c1-3-5-8-19-16-34(24-18(4-2)13-22(24)26(35)36)27(37)33(19)15-17-11-12-23(28-14-17)20-9-6-7-10-21(20)25-29-31-32-30-25/h6-7,9-12,14,16,18,22,24H,3-5,8,13,15H2,1-2H3,(H,35,36)(H,29,30,31,32). The van der Waals surface area contributed by atoms with E-state index >= 15 is 0 Å². The number of aromatic amines is 1. The molecule has 3 heterocycles. The van der Waals surface area contributed by atoms with Crippen LogP contribution in [0.15, 0.2) is 53.6 Å². The number of carboxylic acids is 1. The molecule has 192 valence electrons. The lowest BCUT2D eigenvalue weighted by atomic mass is 9.68. The minimum Gasteiger partial charge on any atom is -0.481 e. The van der Waals surface area contributed by atoms with Crippen molar-refractivity contribution in [1.29, 1.82) is 0 Å². The van der Waals surface area contributed by atoms with Crippen LogP contribution in [0.2, 0.25) is 0 Å². The Bertz CT molecular complexity index is 1420. The van der Waals surface area contributed by atoms with Gasteiger partial charge in [0.25, 0.3) is 0 Å². The predicted octanol–water partition coefficient (Wildman–Crippen LogP) is 3.95. The van der Waals surface area contributed by atoms with Gasteiger partial charge in [0.2, 0.25) is 0 Å². The lowest BCUT2D eigenvalue weighted by Crippen LogP contribution is -2.46. The topological polar surface area (TPSA) is 132 Å². The van der Waals surface area contributed by atoms with E-state index in [-0.39, 0.29) is 17.6 Å². The minimum atomic E-state index is -0.828. The normalized spacial score (nSPS) is 19.0. The van der Waals surface area contributed by atoms with E-state index in [2.05, 4.69) is 39.5 Å². The zero-order valence-corrected chi connectivity index (χ0v) is 21.0. The first kappa shape index (κ1) is 24.6. The summed E-state index contributed by atoms with van der Waals surface area (Å²) in [6.07, 6.45) is 7.89. The van der Waals surface area contributed by atoms with Crippen molar-refractivity contribution in [2.75, 3.05) is 0 Å². The number of nitrogens with one attached hydrogen (secondary N) is 1. The van der Waals surface area contributed by atoms with E-state index in [9.17, 15) is 14.7 Å². The number of aliphatic carboxylic acids is 1. The molecule has 1 fully saturated rings. The fraction of sp³-hybridized carbons (Fsp3) is 0.407. The highest BCUT2D eigenvalue weighted by Gasteiger charge is 2.46. The van der Waals surface area contributed by atoms with Gasteiger partial charge in [-0.3, -0.25) is 18.9 Å². The van der Waals surface area contributed by atoms with E-state index in [1.54, 1.807) is 15.3 Å². The third kappa shape index (κ3) is 4.71. The Morgan fingerprint density at radius 2 is 1.97 bits per heavy atom. The molecule has 1 saturated carbocycles. The second kappa shape index (κ2) is 10.5. The Labute approximate surface area is 214 Å². The van der Waals surface area contributed by atoms with Gasteiger partial charge in [-0.05, 0) is 47.2 Å². The summed E-state index contributed by atoms with van der Waals surface area (Å²) in [6.45, 7) is 4.56. The number of unbranched alkanes of at least 4 members (excludes halogenated alkanes) is 1. The summed E-state index contributed by atoms with van der Waals surface area (Å²) in [4.78, 5) is 30.1. The maximum absolute atomic E-state index is 13.6. The van der Waals surface area contributed by atoms with Crippen molar-refractivity contribution in [3.63, 3.8) is 0 Å². The van der Waals surface area contributed by atoms with Crippen LogP contribution in [0.5, 0.6) is 0 Å². The van der Waals surface area contributed by atoms with Gasteiger partial charge in [0.05, 0.1) is 24.2 Å². The average molecular weight is 502 g/mol. The number of imidazole rings is 1. The predicted molar refractivity (Wildman–Crippen MR) is 138 cm³/mol. The lowest BCUT2D eigenvalue weighted by Gasteiger charge is -2.42. The molecule has 0 saturated heterocycles. The van der Waals surface area contributed by atoms with Crippen molar-refractivity contribution < 1.29 is 9.90 Å². The van der Waals surface area contributed by atoms with Gasteiger partial charge in [0, 0.05) is 29.2 Å². The Balaban J connectivity index is 1.45. The van der Waals surface area contributed by atoms with Gasteiger partial charge in [-0.2, -0.15) is 0 Å². The van der Waals surface area contributed by atoms with Crippen LogP contribution in [0, 0.1) is 11.8 Å². The Morgan fingerprint density at radius 1 is 1.16 bits per heavy atom. The number of aromatic nitrogens is 7. The highest BCUT2D eigenvalue weighted by molar-refractivity contribution is 5.78. The van der Waals surface area contributed by atoms with E-state index in [1.165, 1.54) is 0 Å². The molecule has 1 aliphatic carbocycles. The Hall–Kier alpha value is -4.08. The van der Waals surface area contributed by atoms with Crippen LogP contribution in [0.1, 0.15) is 56.8 Å². The van der Waals surface area contributed by atoms with Crippen molar-refractivity contribution >= 4 is 5.97 Å². The number of nitrogens with zero attached hydrogens (tertiary/aromatic N) is 6. The van der Waals surface area contributed by atoms with E-state index in [0.29, 0.717) is 18.8 Å². The van der Waals surface area contributed by atoms with Crippen LogP contribution in [-0.2, 0) is 17.8 Å². The zero-order chi connectivity index (χ0) is 25.9. The van der Waals surface area contributed by atoms with Crippen molar-refractivity contribution in [3.05, 3.63) is 70.5 Å². The molecule has 0 radical (unpaired) electrons. The molecule has 1 aliphatic rings. The molecule has 0 bridgehead atoms. The quantitative estimate of drug-likeness (QED) is 0.336. The number of hydrogen-bond acceptors (Lipinski definition) is 6. The molecule has 10 nitrogen and oxygen atoms in total. The molecule has 0 spiro atoms. The number of tetrazole rings is 1. The summed E-state index contributed by atoms with van der Waals surface area (Å²) in [5.41, 5.74) is 4.21. The molecule has 3 atom stereocenters. The molecule has 10 heteroatoms. The second-order valence-electron chi connectivity index (χ2n) is 9.69. The van der Waals surface area contributed by atoms with Gasteiger partial charge >= 0.3 is 11.7 Å². The van der Waals surface area contributed by atoms with Crippen molar-refractivity contribution in [1.82, 2.24) is 34.7 Å². The number of carbonyl (C=O) groups is 1. The summed E-state index contributed by atoms with van der Waals surface area (Å²) < 4.78 is 3.47. The molecular formula is C27H31N7O3. The van der Waals surface area contributed by atoms with Crippen LogP contribution in [0.3, 0.4) is 0 Å². The highest BCUT2D eigenvalue weighted by Crippen LogP contribution is 2.45. The molecule has 37 heavy (non-hydrogen) atoms. The van der Waals surface area contributed by atoms with Crippen LogP contribution in [0.25, 0.3) is 22.6 Å². The zero-order valence-electron chi connectivity index (χ0n) is 21.0. The number of benzene rings is 1. The number of pyridine rings is 1. The minimum absolute atomic E-state index is 0.146. The molecular weight excluding hydrogens is 470 g/mol. The lowest BCUT2D eigenvalue weighted by molar-refractivity contribution is -0.150. The van der Waals surface area contributed by atoms with Gasteiger partial charge in [0.15, 0.2) is 5.82 Å². The first-order valence-electron chi connectivity index (χ1n) is 12.8. The number of aryl methyl sites for hydroxylation is 1. The third-order valence-electron chi connectivity index (χ3n) is 7.46. The fourth-order valence-corrected chi connectivity index (χ4v) is 5.35. The number of rotatable bonds is 10. The summed E-state index contributed by atoms with van der Waals surface area (Å²) in [5, 5.41) is 23.8. The van der Waals surface area contributed by atoms with E-state index < -0.39 is 11.9 Å². The van der Waals surface area contributed by atoms with Gasteiger partial charge < -0.3 is 5.11 Å². The summed E-state index contributed by atoms with van der Waals surface area (Å²) in [6, 6.07) is 11.4. The van der Waals surface area contributed by atoms with Crippen molar-refractivity contribution in [2.45, 2.75) is 58.5 Å². The molecule has 1 aromatic carbocycles. The Kier molecular flexibility index (Phi) is 6.98. The first-order chi connectivity index (χ1) is 18.0.